The number of hydrogen-bond acceptors (Lipinski definition) is 6. The van der Waals surface area contributed by atoms with Crippen molar-refractivity contribution in [2.75, 3.05) is 40.5 Å². The molecule has 1 saturated carbocycles. The summed E-state index contributed by atoms with van der Waals surface area (Å²) in [5.74, 6) is 2.20. The van der Waals surface area contributed by atoms with Gasteiger partial charge in [-0.15, -0.1) is 0 Å². The maximum Gasteiger partial charge on any atom is 0.161 e. The van der Waals surface area contributed by atoms with Gasteiger partial charge in [0, 0.05) is 38.9 Å². The highest BCUT2D eigenvalue weighted by Crippen LogP contribution is 2.50. The summed E-state index contributed by atoms with van der Waals surface area (Å²) in [5.41, 5.74) is 2.30. The number of hydrogen-bond donors (Lipinski definition) is 1. The van der Waals surface area contributed by atoms with Crippen LogP contribution in [0.5, 0.6) is 11.5 Å². The normalized spacial score (nSPS) is 26.0. The fraction of sp³-hybridized carbons (Fsp3) is 0.542. The third-order valence-corrected chi connectivity index (χ3v) is 6.63. The lowest BCUT2D eigenvalue weighted by Crippen LogP contribution is -2.36. The van der Waals surface area contributed by atoms with Crippen LogP contribution in [0.25, 0.3) is 0 Å². The molecule has 3 atom stereocenters. The molecule has 1 aliphatic carbocycles. The van der Waals surface area contributed by atoms with Crippen LogP contribution < -0.4 is 9.47 Å². The third kappa shape index (κ3) is 4.04. The van der Waals surface area contributed by atoms with E-state index in [1.165, 1.54) is 5.56 Å². The van der Waals surface area contributed by atoms with E-state index in [-0.39, 0.29) is 5.92 Å². The molecule has 0 amide bonds. The van der Waals surface area contributed by atoms with Gasteiger partial charge in [0.2, 0.25) is 0 Å². The van der Waals surface area contributed by atoms with Crippen molar-refractivity contribution in [1.82, 2.24) is 9.88 Å². The summed E-state index contributed by atoms with van der Waals surface area (Å²) in [5, 5.41) is 11.6. The number of methoxy groups -OCH3 is 2. The first kappa shape index (κ1) is 21.1. The molecular weight excluding hydrogens is 380 g/mol. The van der Waals surface area contributed by atoms with E-state index in [9.17, 15) is 5.11 Å². The summed E-state index contributed by atoms with van der Waals surface area (Å²) in [7, 11) is 3.31. The summed E-state index contributed by atoms with van der Waals surface area (Å²) in [4.78, 5) is 7.00. The van der Waals surface area contributed by atoms with Crippen LogP contribution in [0, 0.1) is 18.8 Å². The molecule has 6 nitrogen and oxygen atoms in total. The molecule has 4 rings (SSSR count). The molecule has 2 fully saturated rings. The lowest BCUT2D eigenvalue weighted by molar-refractivity contribution is -0.0114. The fourth-order valence-corrected chi connectivity index (χ4v) is 5.17. The molecule has 1 N–H and O–H groups in total. The molecule has 162 valence electrons. The highest BCUT2D eigenvalue weighted by molar-refractivity contribution is 5.43. The minimum atomic E-state index is -0.820. The number of aromatic nitrogens is 1. The Morgan fingerprint density at radius 2 is 2.03 bits per heavy atom. The summed E-state index contributed by atoms with van der Waals surface area (Å²) in [6.07, 6.45) is 3.64. The van der Waals surface area contributed by atoms with Crippen LogP contribution in [0.3, 0.4) is 0 Å². The van der Waals surface area contributed by atoms with Crippen LogP contribution in [0.4, 0.5) is 0 Å². The monoisotopic (exact) mass is 412 g/mol. The molecule has 2 aromatic rings. The lowest BCUT2D eigenvalue weighted by Gasteiger charge is -2.31. The van der Waals surface area contributed by atoms with Gasteiger partial charge in [-0.3, -0.25) is 9.88 Å². The largest absolute Gasteiger partial charge is 0.493 e. The Kier molecular flexibility index (Phi) is 6.27. The average Bonchev–Trinajstić information content (AvgIpc) is 3.29. The standard InChI is InChI=1S/C24H32N2O4/c1-17-5-4-10-25-23(17)24(27)9-8-19-15-26(16-20(19)24)14-18-6-7-21(29-3)22(13-18)30-12-11-28-2/h4-7,10,13,19-20,27H,8-9,11-12,14-16H2,1-3H3/t19-,20-,24-/m0/s1. The topological polar surface area (TPSA) is 64.1 Å². The van der Waals surface area contributed by atoms with Crippen molar-refractivity contribution < 1.29 is 19.3 Å². The maximum atomic E-state index is 11.6. The molecule has 1 saturated heterocycles. The second kappa shape index (κ2) is 8.92. The molecule has 0 spiro atoms. The number of nitrogens with zero attached hydrogens (tertiary/aromatic N) is 2. The highest BCUT2D eigenvalue weighted by atomic mass is 16.5. The Bertz CT molecular complexity index is 874. The van der Waals surface area contributed by atoms with Crippen molar-refractivity contribution in [2.45, 2.75) is 31.9 Å². The van der Waals surface area contributed by atoms with Gasteiger partial charge in [-0.25, -0.2) is 0 Å². The van der Waals surface area contributed by atoms with E-state index in [0.29, 0.717) is 19.1 Å². The second-order valence-corrected chi connectivity index (χ2v) is 8.52. The van der Waals surface area contributed by atoms with E-state index >= 15 is 0 Å². The van der Waals surface area contributed by atoms with E-state index in [0.717, 1.165) is 55.2 Å². The van der Waals surface area contributed by atoms with Crippen molar-refractivity contribution in [2.24, 2.45) is 11.8 Å². The van der Waals surface area contributed by atoms with Gasteiger partial charge < -0.3 is 19.3 Å². The van der Waals surface area contributed by atoms with Gasteiger partial charge in [0.15, 0.2) is 11.5 Å². The van der Waals surface area contributed by atoms with Gasteiger partial charge in [0.05, 0.1) is 19.4 Å². The Labute approximate surface area is 178 Å². The number of benzene rings is 1. The van der Waals surface area contributed by atoms with E-state index in [1.54, 1.807) is 20.4 Å². The van der Waals surface area contributed by atoms with E-state index in [4.69, 9.17) is 14.2 Å². The van der Waals surface area contributed by atoms with Gasteiger partial charge in [-0.2, -0.15) is 0 Å². The number of aryl methyl sites for hydroxylation is 1. The first-order valence-electron chi connectivity index (χ1n) is 10.7. The minimum absolute atomic E-state index is 0.224. The molecule has 1 aliphatic heterocycles. The summed E-state index contributed by atoms with van der Waals surface area (Å²) in [6, 6.07) is 10.1. The van der Waals surface area contributed by atoms with Crippen LogP contribution in [0.2, 0.25) is 0 Å². The maximum absolute atomic E-state index is 11.6. The molecule has 30 heavy (non-hydrogen) atoms. The number of aliphatic hydroxyl groups is 1. The van der Waals surface area contributed by atoms with Crippen molar-refractivity contribution >= 4 is 0 Å². The zero-order valence-electron chi connectivity index (χ0n) is 18.1. The minimum Gasteiger partial charge on any atom is -0.493 e. The zero-order chi connectivity index (χ0) is 21.1. The Hall–Kier alpha value is -2.15. The third-order valence-electron chi connectivity index (χ3n) is 6.63. The molecule has 2 aliphatic rings. The van der Waals surface area contributed by atoms with Gasteiger partial charge >= 0.3 is 0 Å². The summed E-state index contributed by atoms with van der Waals surface area (Å²) < 4.78 is 16.3. The van der Waals surface area contributed by atoms with Crippen molar-refractivity contribution in [3.05, 3.63) is 53.3 Å². The molecule has 2 heterocycles. The first-order valence-corrected chi connectivity index (χ1v) is 10.7. The smallest absolute Gasteiger partial charge is 0.161 e. The zero-order valence-corrected chi connectivity index (χ0v) is 18.1. The number of fused-ring (bicyclic) bond motifs is 1. The second-order valence-electron chi connectivity index (χ2n) is 8.52. The summed E-state index contributed by atoms with van der Waals surface area (Å²) >= 11 is 0. The van der Waals surface area contributed by atoms with Crippen LogP contribution in [-0.2, 0) is 16.9 Å². The fourth-order valence-electron chi connectivity index (χ4n) is 5.17. The summed E-state index contributed by atoms with van der Waals surface area (Å²) in [6.45, 7) is 5.78. The quantitative estimate of drug-likeness (QED) is 0.672. The number of ether oxygens (including phenoxy) is 3. The molecule has 1 aromatic carbocycles. The Morgan fingerprint density at radius 3 is 2.80 bits per heavy atom. The molecule has 1 aromatic heterocycles. The van der Waals surface area contributed by atoms with Crippen molar-refractivity contribution in [1.29, 1.82) is 0 Å². The predicted molar refractivity (Wildman–Crippen MR) is 115 cm³/mol. The van der Waals surface area contributed by atoms with Crippen LogP contribution in [0.15, 0.2) is 36.5 Å². The number of likely N-dealkylation sites (tertiary alicyclic amines) is 1. The van der Waals surface area contributed by atoms with Gasteiger partial charge in [-0.1, -0.05) is 12.1 Å². The van der Waals surface area contributed by atoms with Gasteiger partial charge in [0.1, 0.15) is 12.2 Å². The molecule has 6 heteroatoms. The number of pyridine rings is 1. The average molecular weight is 413 g/mol. The molecule has 0 radical (unpaired) electrons. The lowest BCUT2D eigenvalue weighted by atomic mass is 9.83. The Balaban J connectivity index is 1.46. The van der Waals surface area contributed by atoms with E-state index in [2.05, 4.69) is 22.0 Å². The predicted octanol–water partition coefficient (Wildman–Crippen LogP) is 3.15. The van der Waals surface area contributed by atoms with Gasteiger partial charge in [0.25, 0.3) is 0 Å². The van der Waals surface area contributed by atoms with E-state index in [1.807, 2.05) is 25.1 Å². The highest BCUT2D eigenvalue weighted by Gasteiger charge is 2.53. The first-order chi connectivity index (χ1) is 14.5. The molecular formula is C24H32N2O4. The van der Waals surface area contributed by atoms with Crippen molar-refractivity contribution in [3.8, 4) is 11.5 Å². The SMILES string of the molecule is COCCOc1cc(CN2C[C@@H]3CC[C@@](O)(c4ncccc4C)[C@H]3C2)ccc1OC. The van der Waals surface area contributed by atoms with Crippen LogP contribution >= 0.6 is 0 Å². The Morgan fingerprint density at radius 1 is 1.17 bits per heavy atom. The van der Waals surface area contributed by atoms with Crippen LogP contribution in [0.1, 0.15) is 29.7 Å². The van der Waals surface area contributed by atoms with Gasteiger partial charge in [-0.05, 0) is 55.0 Å². The van der Waals surface area contributed by atoms with Crippen LogP contribution in [-0.4, -0.2) is 55.5 Å². The van der Waals surface area contributed by atoms with E-state index < -0.39 is 5.60 Å². The van der Waals surface area contributed by atoms with Crippen molar-refractivity contribution in [3.63, 3.8) is 0 Å². The molecule has 0 bridgehead atoms. The molecule has 0 unspecified atom stereocenters. The number of rotatable bonds is 8.